The summed E-state index contributed by atoms with van der Waals surface area (Å²) in [7, 11) is 0. The van der Waals surface area contributed by atoms with Crippen molar-refractivity contribution in [3.8, 4) is 0 Å². The molecular formula is C27H44O2. The van der Waals surface area contributed by atoms with Crippen LogP contribution in [-0.4, -0.2) is 22.4 Å². The molecular weight excluding hydrogens is 356 g/mol. The molecule has 4 rings (SSSR count). The molecule has 0 saturated heterocycles. The SMILES string of the molecule is C=C(CC[C@@H](C)[C@H]1CC[C@H]2[C@@H]3C[C@@H](O)C4=C(CC[C@H](O)C4)[C@H]3CC[C@]12C)C(C)C. The topological polar surface area (TPSA) is 40.5 Å². The lowest BCUT2D eigenvalue weighted by molar-refractivity contribution is -0.0243. The Labute approximate surface area is 178 Å². The number of aliphatic hydroxyl groups excluding tert-OH is 2. The van der Waals surface area contributed by atoms with Gasteiger partial charge >= 0.3 is 0 Å². The van der Waals surface area contributed by atoms with Crippen LogP contribution in [0.1, 0.15) is 91.9 Å². The van der Waals surface area contributed by atoms with Crippen molar-refractivity contribution in [3.63, 3.8) is 0 Å². The van der Waals surface area contributed by atoms with Gasteiger partial charge in [-0.15, -0.1) is 0 Å². The number of aliphatic hydroxyl groups is 2. The van der Waals surface area contributed by atoms with Gasteiger partial charge in [-0.25, -0.2) is 0 Å². The standard InChI is InChI=1S/C27H44O2/c1-16(2)17(3)6-7-18(4)24-10-11-25-22-15-26(29)23-14-19(28)8-9-20(23)21(22)12-13-27(24,25)5/h16,18-19,21-22,24-26,28-29H,3,6-15H2,1-2,4-5H3/t18-,19+,21-,22-,24-,25+,26-,27-/m1/s1. The quantitative estimate of drug-likeness (QED) is 0.533. The number of allylic oxidation sites excluding steroid dienone is 2. The summed E-state index contributed by atoms with van der Waals surface area (Å²) in [5.41, 5.74) is 4.65. The highest BCUT2D eigenvalue weighted by Gasteiger charge is 2.56. The summed E-state index contributed by atoms with van der Waals surface area (Å²) in [5, 5.41) is 21.1. The molecule has 29 heavy (non-hydrogen) atoms. The average Bonchev–Trinajstić information content (AvgIpc) is 3.03. The zero-order valence-corrected chi connectivity index (χ0v) is 19.3. The third-order valence-corrected chi connectivity index (χ3v) is 9.89. The normalized spacial score (nSPS) is 43.0. The minimum absolute atomic E-state index is 0.230. The summed E-state index contributed by atoms with van der Waals surface area (Å²) < 4.78 is 0. The minimum atomic E-state index is -0.297. The highest BCUT2D eigenvalue weighted by atomic mass is 16.3. The maximum absolute atomic E-state index is 11.0. The Morgan fingerprint density at radius 3 is 2.59 bits per heavy atom. The van der Waals surface area contributed by atoms with Crippen LogP contribution in [0.4, 0.5) is 0 Å². The molecule has 0 amide bonds. The summed E-state index contributed by atoms with van der Waals surface area (Å²) >= 11 is 0. The zero-order chi connectivity index (χ0) is 20.9. The molecule has 2 N–H and O–H groups in total. The van der Waals surface area contributed by atoms with E-state index in [2.05, 4.69) is 34.3 Å². The van der Waals surface area contributed by atoms with Crippen LogP contribution in [0.25, 0.3) is 0 Å². The van der Waals surface area contributed by atoms with Crippen LogP contribution >= 0.6 is 0 Å². The van der Waals surface area contributed by atoms with E-state index in [1.165, 1.54) is 49.7 Å². The Morgan fingerprint density at radius 2 is 1.86 bits per heavy atom. The third-order valence-electron chi connectivity index (χ3n) is 9.89. The Hall–Kier alpha value is -0.600. The molecule has 2 nitrogen and oxygen atoms in total. The van der Waals surface area contributed by atoms with Crippen molar-refractivity contribution in [1.82, 2.24) is 0 Å². The van der Waals surface area contributed by atoms with Gasteiger partial charge in [0.2, 0.25) is 0 Å². The summed E-state index contributed by atoms with van der Waals surface area (Å²) in [4.78, 5) is 0. The fraction of sp³-hybridized carbons (Fsp3) is 0.852. The molecule has 0 bridgehead atoms. The smallest absolute Gasteiger partial charge is 0.0756 e. The highest BCUT2D eigenvalue weighted by Crippen LogP contribution is 2.64. The van der Waals surface area contributed by atoms with E-state index < -0.39 is 0 Å². The van der Waals surface area contributed by atoms with Crippen LogP contribution in [0, 0.1) is 40.9 Å². The molecule has 164 valence electrons. The lowest BCUT2D eigenvalue weighted by Crippen LogP contribution is -2.47. The van der Waals surface area contributed by atoms with Gasteiger partial charge in [-0.05, 0) is 111 Å². The number of hydrogen-bond donors (Lipinski definition) is 2. The van der Waals surface area contributed by atoms with Gasteiger partial charge in [-0.1, -0.05) is 45.4 Å². The third kappa shape index (κ3) is 3.78. The first kappa shape index (κ1) is 21.6. The Balaban J connectivity index is 1.49. The maximum atomic E-state index is 11.0. The molecule has 2 saturated carbocycles. The lowest BCUT2D eigenvalue weighted by atomic mass is 9.51. The van der Waals surface area contributed by atoms with Gasteiger partial charge in [-0.2, -0.15) is 0 Å². The zero-order valence-electron chi connectivity index (χ0n) is 19.3. The second kappa shape index (κ2) is 8.15. The summed E-state index contributed by atoms with van der Waals surface area (Å²) in [6.07, 6.45) is 10.9. The van der Waals surface area contributed by atoms with Gasteiger partial charge in [-0.3, -0.25) is 0 Å². The van der Waals surface area contributed by atoms with Crippen molar-refractivity contribution < 1.29 is 10.2 Å². The van der Waals surface area contributed by atoms with Crippen LogP contribution in [0.3, 0.4) is 0 Å². The maximum Gasteiger partial charge on any atom is 0.0756 e. The first-order chi connectivity index (χ1) is 13.7. The lowest BCUT2D eigenvalue weighted by Gasteiger charge is -2.54. The fourth-order valence-corrected chi connectivity index (χ4v) is 8.07. The van der Waals surface area contributed by atoms with E-state index in [0.717, 1.165) is 43.4 Å². The molecule has 8 atom stereocenters. The van der Waals surface area contributed by atoms with Gasteiger partial charge in [0, 0.05) is 0 Å². The van der Waals surface area contributed by atoms with Gasteiger partial charge in [0.15, 0.2) is 0 Å². The summed E-state index contributed by atoms with van der Waals surface area (Å²) in [6.45, 7) is 13.9. The molecule has 0 unspecified atom stereocenters. The van der Waals surface area contributed by atoms with E-state index in [-0.39, 0.29) is 12.2 Å². The van der Waals surface area contributed by atoms with Crippen LogP contribution in [0.15, 0.2) is 23.3 Å². The Bertz CT molecular complexity index is 661. The van der Waals surface area contributed by atoms with E-state index in [9.17, 15) is 10.2 Å². The fourth-order valence-electron chi connectivity index (χ4n) is 8.07. The molecule has 4 aliphatic carbocycles. The first-order valence-electron chi connectivity index (χ1n) is 12.5. The Kier molecular flexibility index (Phi) is 6.08. The van der Waals surface area contributed by atoms with E-state index in [1.54, 1.807) is 5.57 Å². The predicted octanol–water partition coefficient (Wildman–Crippen LogP) is 6.28. The molecule has 2 fully saturated rings. The minimum Gasteiger partial charge on any atom is -0.393 e. The largest absolute Gasteiger partial charge is 0.393 e. The van der Waals surface area contributed by atoms with Crippen LogP contribution in [0.2, 0.25) is 0 Å². The van der Waals surface area contributed by atoms with Crippen molar-refractivity contribution in [1.29, 1.82) is 0 Å². The molecule has 2 heteroatoms. The van der Waals surface area contributed by atoms with Gasteiger partial charge < -0.3 is 10.2 Å². The van der Waals surface area contributed by atoms with Gasteiger partial charge in [0.05, 0.1) is 12.2 Å². The van der Waals surface area contributed by atoms with E-state index in [0.29, 0.717) is 23.2 Å². The van der Waals surface area contributed by atoms with Crippen LogP contribution in [0.5, 0.6) is 0 Å². The number of hydrogen-bond acceptors (Lipinski definition) is 2. The van der Waals surface area contributed by atoms with Crippen molar-refractivity contribution in [3.05, 3.63) is 23.3 Å². The van der Waals surface area contributed by atoms with E-state index >= 15 is 0 Å². The predicted molar refractivity (Wildman–Crippen MR) is 120 cm³/mol. The van der Waals surface area contributed by atoms with E-state index in [1.807, 2.05) is 0 Å². The molecule has 0 aromatic heterocycles. The monoisotopic (exact) mass is 400 g/mol. The number of rotatable bonds is 5. The van der Waals surface area contributed by atoms with Gasteiger partial charge in [0.25, 0.3) is 0 Å². The summed E-state index contributed by atoms with van der Waals surface area (Å²) in [6, 6.07) is 0. The highest BCUT2D eigenvalue weighted by molar-refractivity contribution is 5.30. The summed E-state index contributed by atoms with van der Waals surface area (Å²) in [5.74, 6) is 4.33. The molecule has 0 spiro atoms. The molecule has 0 aromatic rings. The van der Waals surface area contributed by atoms with Gasteiger partial charge in [0.1, 0.15) is 0 Å². The average molecular weight is 401 g/mol. The molecule has 0 aromatic carbocycles. The second-order valence-corrected chi connectivity index (χ2v) is 11.6. The molecule has 0 aliphatic heterocycles. The van der Waals surface area contributed by atoms with Crippen molar-refractivity contribution in [2.45, 2.75) is 104 Å². The van der Waals surface area contributed by atoms with Crippen molar-refractivity contribution in [2.75, 3.05) is 0 Å². The molecule has 0 heterocycles. The molecule has 4 aliphatic rings. The van der Waals surface area contributed by atoms with Crippen molar-refractivity contribution >= 4 is 0 Å². The first-order valence-corrected chi connectivity index (χ1v) is 12.5. The van der Waals surface area contributed by atoms with Crippen LogP contribution in [-0.2, 0) is 0 Å². The Morgan fingerprint density at radius 1 is 1.10 bits per heavy atom. The van der Waals surface area contributed by atoms with E-state index in [4.69, 9.17) is 0 Å². The second-order valence-electron chi connectivity index (χ2n) is 11.6. The van der Waals surface area contributed by atoms with Crippen molar-refractivity contribution in [2.24, 2.45) is 40.9 Å². The van der Waals surface area contributed by atoms with Crippen LogP contribution < -0.4 is 0 Å². The number of fused-ring (bicyclic) bond motifs is 4. The molecule has 0 radical (unpaired) electrons.